The lowest BCUT2D eigenvalue weighted by atomic mass is 10.2. The first-order valence-electron chi connectivity index (χ1n) is 6.25. The Morgan fingerprint density at radius 1 is 1.24 bits per heavy atom. The van der Waals surface area contributed by atoms with Crippen molar-refractivity contribution in [1.29, 1.82) is 0 Å². The van der Waals surface area contributed by atoms with Gasteiger partial charge in [0.25, 0.3) is 5.91 Å². The van der Waals surface area contributed by atoms with Crippen molar-refractivity contribution in [3.8, 4) is 0 Å². The van der Waals surface area contributed by atoms with Crippen LogP contribution in [0.2, 0.25) is 0 Å². The molecular weight excluding hydrogens is 276 g/mol. The van der Waals surface area contributed by atoms with Crippen LogP contribution in [-0.2, 0) is 0 Å². The van der Waals surface area contributed by atoms with Crippen LogP contribution in [0.15, 0.2) is 42.7 Å². The van der Waals surface area contributed by atoms with Gasteiger partial charge < -0.3 is 9.72 Å². The average Bonchev–Trinajstić information content (AvgIpc) is 2.91. The van der Waals surface area contributed by atoms with Crippen LogP contribution in [0, 0.1) is 18.6 Å². The van der Waals surface area contributed by atoms with Gasteiger partial charge in [-0.1, -0.05) is 0 Å². The zero-order chi connectivity index (χ0) is 15.0. The predicted octanol–water partition coefficient (Wildman–Crippen LogP) is 3.17. The summed E-state index contributed by atoms with van der Waals surface area (Å²) in [7, 11) is 0. The summed E-state index contributed by atoms with van der Waals surface area (Å²) in [6, 6.07) is 6.27. The van der Waals surface area contributed by atoms with Gasteiger partial charge in [-0.2, -0.15) is 0 Å². The molecule has 0 unspecified atom stereocenters. The van der Waals surface area contributed by atoms with Crippen molar-refractivity contribution in [1.82, 2.24) is 9.38 Å². The first kappa shape index (κ1) is 13.2. The number of carbonyl (C=O) groups is 1. The van der Waals surface area contributed by atoms with E-state index in [2.05, 4.69) is 10.3 Å². The van der Waals surface area contributed by atoms with Crippen LogP contribution < -0.4 is 5.32 Å². The number of nitrogens with one attached hydrogen (secondary N) is 1. The van der Waals surface area contributed by atoms with Gasteiger partial charge in [0.15, 0.2) is 0 Å². The molecule has 3 aromatic rings. The third-order valence-electron chi connectivity index (χ3n) is 3.24. The molecule has 0 spiro atoms. The highest BCUT2D eigenvalue weighted by atomic mass is 19.1. The Hall–Kier alpha value is -2.76. The second-order valence-corrected chi connectivity index (χ2v) is 4.57. The van der Waals surface area contributed by atoms with Gasteiger partial charge in [0.1, 0.15) is 17.3 Å². The molecule has 0 aliphatic heterocycles. The van der Waals surface area contributed by atoms with E-state index in [1.165, 1.54) is 0 Å². The summed E-state index contributed by atoms with van der Waals surface area (Å²) in [5.41, 5.74) is 1.84. The molecule has 6 heteroatoms. The summed E-state index contributed by atoms with van der Waals surface area (Å²) in [5.74, 6) is -2.25. The monoisotopic (exact) mass is 287 g/mol. The number of benzene rings is 1. The quantitative estimate of drug-likeness (QED) is 0.787. The number of aryl methyl sites for hydroxylation is 1. The minimum atomic E-state index is -0.895. The fourth-order valence-electron chi connectivity index (χ4n) is 2.13. The molecule has 21 heavy (non-hydrogen) atoms. The van der Waals surface area contributed by atoms with Crippen LogP contribution in [0.3, 0.4) is 0 Å². The van der Waals surface area contributed by atoms with Gasteiger partial charge in [-0.05, 0) is 31.2 Å². The third-order valence-corrected chi connectivity index (χ3v) is 3.24. The van der Waals surface area contributed by atoms with Crippen molar-refractivity contribution >= 4 is 17.2 Å². The Morgan fingerprint density at radius 3 is 2.81 bits per heavy atom. The first-order valence-corrected chi connectivity index (χ1v) is 6.25. The maximum Gasteiger partial charge on any atom is 0.258 e. The van der Waals surface area contributed by atoms with Crippen LogP contribution >= 0.6 is 0 Å². The van der Waals surface area contributed by atoms with Crippen LogP contribution in [0.1, 0.15) is 16.1 Å². The van der Waals surface area contributed by atoms with Crippen molar-refractivity contribution in [3.63, 3.8) is 0 Å². The summed E-state index contributed by atoms with van der Waals surface area (Å²) in [6.45, 7) is 1.81. The molecule has 106 valence electrons. The molecule has 2 heterocycles. The molecule has 0 atom stereocenters. The highest BCUT2D eigenvalue weighted by molar-refractivity contribution is 6.04. The number of pyridine rings is 1. The highest BCUT2D eigenvalue weighted by Crippen LogP contribution is 2.18. The van der Waals surface area contributed by atoms with Gasteiger partial charge in [-0.15, -0.1) is 0 Å². The van der Waals surface area contributed by atoms with Gasteiger partial charge in [-0.25, -0.2) is 13.8 Å². The topological polar surface area (TPSA) is 46.4 Å². The molecule has 1 amide bonds. The normalized spacial score (nSPS) is 10.8. The molecule has 3 rings (SSSR count). The average molecular weight is 287 g/mol. The maximum atomic E-state index is 13.6. The molecule has 4 nitrogen and oxygen atoms in total. The van der Waals surface area contributed by atoms with Gasteiger partial charge in [0.05, 0.1) is 11.3 Å². The fourth-order valence-corrected chi connectivity index (χ4v) is 2.13. The van der Waals surface area contributed by atoms with E-state index in [4.69, 9.17) is 0 Å². The standard InChI is InChI=1S/C15H11F2N3O/c1-9-13(4-5-14-18-6-7-20(9)14)19-15(21)11-3-2-10(16)8-12(11)17/h2-8H,1H3,(H,19,21). The number of hydrogen-bond donors (Lipinski definition) is 1. The molecule has 0 radical (unpaired) electrons. The Kier molecular flexibility index (Phi) is 3.13. The van der Waals surface area contributed by atoms with E-state index in [-0.39, 0.29) is 5.56 Å². The van der Waals surface area contributed by atoms with E-state index in [0.717, 1.165) is 23.5 Å². The SMILES string of the molecule is Cc1c(NC(=O)c2ccc(F)cc2F)ccc2nccn12. The second kappa shape index (κ2) is 4.97. The van der Waals surface area contributed by atoms with E-state index in [0.29, 0.717) is 11.8 Å². The van der Waals surface area contributed by atoms with Crippen molar-refractivity contribution in [2.45, 2.75) is 6.92 Å². The van der Waals surface area contributed by atoms with Gasteiger partial charge in [0, 0.05) is 24.2 Å². The summed E-state index contributed by atoms with van der Waals surface area (Å²) >= 11 is 0. The number of fused-ring (bicyclic) bond motifs is 1. The smallest absolute Gasteiger partial charge is 0.258 e. The Bertz CT molecular complexity index is 842. The number of hydrogen-bond acceptors (Lipinski definition) is 2. The number of carbonyl (C=O) groups excluding carboxylic acids is 1. The molecule has 1 N–H and O–H groups in total. The van der Waals surface area contributed by atoms with Crippen molar-refractivity contribution in [2.75, 3.05) is 5.32 Å². The summed E-state index contributed by atoms with van der Waals surface area (Å²) in [4.78, 5) is 16.2. The molecule has 1 aromatic carbocycles. The molecule has 0 bridgehead atoms. The van der Waals surface area contributed by atoms with E-state index >= 15 is 0 Å². The third kappa shape index (κ3) is 2.35. The van der Waals surface area contributed by atoms with E-state index in [1.54, 1.807) is 28.9 Å². The lowest BCUT2D eigenvalue weighted by Gasteiger charge is -2.10. The fraction of sp³-hybridized carbons (Fsp3) is 0.0667. The highest BCUT2D eigenvalue weighted by Gasteiger charge is 2.14. The van der Waals surface area contributed by atoms with E-state index in [9.17, 15) is 13.6 Å². The Balaban J connectivity index is 1.94. The van der Waals surface area contributed by atoms with E-state index in [1.807, 2.05) is 6.92 Å². The lowest BCUT2D eigenvalue weighted by molar-refractivity contribution is 0.102. The largest absolute Gasteiger partial charge is 0.320 e. The molecule has 0 fully saturated rings. The zero-order valence-electron chi connectivity index (χ0n) is 11.1. The van der Waals surface area contributed by atoms with Crippen molar-refractivity contribution in [3.05, 3.63) is 65.6 Å². The predicted molar refractivity (Wildman–Crippen MR) is 74.2 cm³/mol. The molecule has 0 aliphatic rings. The number of halogens is 2. The number of rotatable bonds is 2. The van der Waals surface area contributed by atoms with Gasteiger partial charge in [-0.3, -0.25) is 4.79 Å². The Morgan fingerprint density at radius 2 is 2.05 bits per heavy atom. The molecule has 2 aromatic heterocycles. The van der Waals surface area contributed by atoms with Crippen LogP contribution in [0.25, 0.3) is 5.65 Å². The minimum Gasteiger partial charge on any atom is -0.320 e. The number of amides is 1. The number of aromatic nitrogens is 2. The van der Waals surface area contributed by atoms with Gasteiger partial charge in [0.2, 0.25) is 0 Å². The first-order chi connectivity index (χ1) is 10.1. The summed E-state index contributed by atoms with van der Waals surface area (Å²) in [6.07, 6.45) is 3.41. The van der Waals surface area contributed by atoms with Gasteiger partial charge >= 0.3 is 0 Å². The molecule has 0 saturated heterocycles. The maximum absolute atomic E-state index is 13.6. The van der Waals surface area contributed by atoms with Crippen LogP contribution in [-0.4, -0.2) is 15.3 Å². The van der Waals surface area contributed by atoms with Crippen LogP contribution in [0.4, 0.5) is 14.5 Å². The number of nitrogens with zero attached hydrogens (tertiary/aromatic N) is 2. The summed E-state index contributed by atoms with van der Waals surface area (Å²) < 4.78 is 28.3. The molecular formula is C15H11F2N3O. The minimum absolute atomic E-state index is 0.207. The Labute approximate surface area is 119 Å². The van der Waals surface area contributed by atoms with Crippen molar-refractivity contribution < 1.29 is 13.6 Å². The summed E-state index contributed by atoms with van der Waals surface area (Å²) in [5, 5.41) is 2.62. The number of imidazole rings is 1. The van der Waals surface area contributed by atoms with E-state index < -0.39 is 17.5 Å². The second-order valence-electron chi connectivity index (χ2n) is 4.57. The lowest BCUT2D eigenvalue weighted by Crippen LogP contribution is -2.15. The van der Waals surface area contributed by atoms with Crippen molar-refractivity contribution in [2.24, 2.45) is 0 Å². The van der Waals surface area contributed by atoms with Crippen LogP contribution in [0.5, 0.6) is 0 Å². The molecule has 0 saturated carbocycles. The number of anilines is 1. The molecule has 0 aliphatic carbocycles. The zero-order valence-corrected chi connectivity index (χ0v) is 11.1.